The van der Waals surface area contributed by atoms with Crippen LogP contribution in [0.2, 0.25) is 0 Å². The van der Waals surface area contributed by atoms with Gasteiger partial charge in [-0.1, -0.05) is 17.9 Å². The summed E-state index contributed by atoms with van der Waals surface area (Å²) in [6, 6.07) is 13.3. The summed E-state index contributed by atoms with van der Waals surface area (Å²) in [7, 11) is 0. The minimum absolute atomic E-state index is 0.0580. The number of aromatic nitrogens is 1. The normalized spacial score (nSPS) is 10.8. The van der Waals surface area contributed by atoms with Crippen LogP contribution in [0.5, 0.6) is 5.75 Å². The Morgan fingerprint density at radius 1 is 1.07 bits per heavy atom. The Hall–Kier alpha value is -3.53. The van der Waals surface area contributed by atoms with Crippen molar-refractivity contribution >= 4 is 16.8 Å². The van der Waals surface area contributed by atoms with E-state index >= 15 is 0 Å². The second-order valence-electron chi connectivity index (χ2n) is 5.76. The van der Waals surface area contributed by atoms with Gasteiger partial charge in [0.25, 0.3) is 5.91 Å². The van der Waals surface area contributed by atoms with Crippen molar-refractivity contribution in [2.24, 2.45) is 0 Å². The van der Waals surface area contributed by atoms with E-state index in [0.29, 0.717) is 5.75 Å². The number of amides is 1. The van der Waals surface area contributed by atoms with Crippen molar-refractivity contribution in [3.05, 3.63) is 71.9 Å². The topological polar surface area (TPSA) is 51.2 Å². The lowest BCUT2D eigenvalue weighted by molar-refractivity contribution is -0.137. The number of rotatable bonds is 4. The Labute approximate surface area is 159 Å². The van der Waals surface area contributed by atoms with E-state index in [9.17, 15) is 18.0 Å². The lowest BCUT2D eigenvalue weighted by atomic mass is 10.1. The van der Waals surface area contributed by atoms with E-state index in [0.717, 1.165) is 35.2 Å². The number of hydrogen-bond donors (Lipinski definition) is 1. The van der Waals surface area contributed by atoms with Gasteiger partial charge in [-0.15, -0.1) is 0 Å². The Kier molecular flexibility index (Phi) is 5.80. The van der Waals surface area contributed by atoms with Crippen molar-refractivity contribution in [3.8, 4) is 17.6 Å². The van der Waals surface area contributed by atoms with E-state index in [1.165, 1.54) is 0 Å². The van der Waals surface area contributed by atoms with Gasteiger partial charge in [0.2, 0.25) is 0 Å². The number of pyridine rings is 1. The van der Waals surface area contributed by atoms with E-state index in [1.807, 2.05) is 30.3 Å². The number of hydrogen-bond acceptors (Lipinski definition) is 3. The van der Waals surface area contributed by atoms with Gasteiger partial charge in [-0.05, 0) is 42.5 Å². The molecule has 7 heteroatoms. The van der Waals surface area contributed by atoms with Crippen LogP contribution in [0, 0.1) is 11.8 Å². The molecule has 2 aromatic carbocycles. The molecule has 0 atom stereocenters. The molecule has 0 aliphatic carbocycles. The fraction of sp³-hybridized carbons (Fsp3) is 0.143. The molecule has 1 heterocycles. The van der Waals surface area contributed by atoms with Crippen molar-refractivity contribution in [2.45, 2.75) is 6.18 Å². The van der Waals surface area contributed by atoms with E-state index in [2.05, 4.69) is 22.1 Å². The molecule has 1 N–H and O–H groups in total. The van der Waals surface area contributed by atoms with Crippen LogP contribution in [-0.2, 0) is 6.18 Å². The second-order valence-corrected chi connectivity index (χ2v) is 5.76. The molecule has 3 aromatic rings. The molecule has 0 unspecified atom stereocenters. The Morgan fingerprint density at radius 3 is 2.61 bits per heavy atom. The molecule has 0 aliphatic heterocycles. The summed E-state index contributed by atoms with van der Waals surface area (Å²) in [5.41, 5.74) is 0.149. The number of carbonyl (C=O) groups is 1. The molecule has 0 aliphatic rings. The third kappa shape index (κ3) is 5.01. The highest BCUT2D eigenvalue weighted by Crippen LogP contribution is 2.29. The van der Waals surface area contributed by atoms with Gasteiger partial charge in [0.05, 0.1) is 17.6 Å². The monoisotopic (exact) mass is 384 g/mol. The van der Waals surface area contributed by atoms with Crippen LogP contribution in [0.25, 0.3) is 10.9 Å². The van der Waals surface area contributed by atoms with E-state index in [-0.39, 0.29) is 18.7 Å². The van der Waals surface area contributed by atoms with Crippen LogP contribution in [0.4, 0.5) is 13.2 Å². The van der Waals surface area contributed by atoms with Crippen molar-refractivity contribution in [1.82, 2.24) is 10.3 Å². The van der Waals surface area contributed by atoms with Crippen molar-refractivity contribution in [3.63, 3.8) is 0 Å². The molecule has 28 heavy (non-hydrogen) atoms. The zero-order valence-electron chi connectivity index (χ0n) is 14.6. The van der Waals surface area contributed by atoms with Crippen LogP contribution in [0.1, 0.15) is 15.9 Å². The van der Waals surface area contributed by atoms with Crippen LogP contribution in [0.3, 0.4) is 0 Å². The van der Waals surface area contributed by atoms with Gasteiger partial charge in [0.1, 0.15) is 12.4 Å². The maximum absolute atomic E-state index is 12.5. The highest BCUT2D eigenvalue weighted by atomic mass is 19.4. The molecule has 142 valence electrons. The van der Waals surface area contributed by atoms with Gasteiger partial charge >= 0.3 is 6.18 Å². The Morgan fingerprint density at radius 2 is 1.86 bits per heavy atom. The first-order valence-electron chi connectivity index (χ1n) is 8.32. The number of nitrogens with one attached hydrogen (secondary N) is 1. The van der Waals surface area contributed by atoms with E-state index < -0.39 is 17.6 Å². The third-order valence-electron chi connectivity index (χ3n) is 3.83. The van der Waals surface area contributed by atoms with Gasteiger partial charge in [-0.3, -0.25) is 9.78 Å². The number of nitrogens with zero attached hydrogens (tertiary/aromatic N) is 1. The fourth-order valence-corrected chi connectivity index (χ4v) is 2.41. The summed E-state index contributed by atoms with van der Waals surface area (Å²) in [5.74, 6) is 5.63. The molecule has 0 fully saturated rings. The average molecular weight is 384 g/mol. The quantitative estimate of drug-likeness (QED) is 0.690. The van der Waals surface area contributed by atoms with Gasteiger partial charge in [-0.25, -0.2) is 0 Å². The lowest BCUT2D eigenvalue weighted by Crippen LogP contribution is -2.23. The molecule has 3 rings (SSSR count). The van der Waals surface area contributed by atoms with Gasteiger partial charge in [-0.2, -0.15) is 13.2 Å². The number of benzene rings is 2. The molecule has 0 bridgehead atoms. The summed E-state index contributed by atoms with van der Waals surface area (Å²) in [6.45, 7) is 0.191. The van der Waals surface area contributed by atoms with Crippen LogP contribution in [0.15, 0.2) is 60.8 Å². The van der Waals surface area contributed by atoms with Gasteiger partial charge in [0, 0.05) is 23.2 Å². The maximum Gasteiger partial charge on any atom is 0.416 e. The summed E-state index contributed by atoms with van der Waals surface area (Å²) >= 11 is 0. The molecule has 1 aromatic heterocycles. The Bertz CT molecular complexity index is 1040. The SMILES string of the molecule is O=C(NCC#CCOc1ccc2cccnc2c1)c1ccc(C(F)(F)F)cc1. The number of alkyl halides is 3. The first-order valence-corrected chi connectivity index (χ1v) is 8.32. The molecular weight excluding hydrogens is 369 g/mol. The van der Waals surface area contributed by atoms with Crippen molar-refractivity contribution in [1.29, 1.82) is 0 Å². The average Bonchev–Trinajstić information content (AvgIpc) is 2.69. The van der Waals surface area contributed by atoms with E-state index in [4.69, 9.17) is 4.74 Å². The number of ether oxygens (including phenoxy) is 1. The molecular formula is C21H15F3N2O2. The van der Waals surface area contributed by atoms with Crippen molar-refractivity contribution in [2.75, 3.05) is 13.2 Å². The maximum atomic E-state index is 12.5. The number of carbonyl (C=O) groups excluding carboxylic acids is 1. The zero-order chi connectivity index (χ0) is 20.0. The number of fused-ring (bicyclic) bond motifs is 1. The molecule has 4 nitrogen and oxygen atoms in total. The van der Waals surface area contributed by atoms with Gasteiger partial charge in [0.15, 0.2) is 0 Å². The minimum Gasteiger partial charge on any atom is -0.481 e. The van der Waals surface area contributed by atoms with Crippen LogP contribution in [-0.4, -0.2) is 24.0 Å². The predicted octanol–water partition coefficient (Wildman–Crippen LogP) is 4.07. The van der Waals surface area contributed by atoms with Crippen LogP contribution >= 0.6 is 0 Å². The molecule has 0 radical (unpaired) electrons. The molecule has 1 amide bonds. The highest BCUT2D eigenvalue weighted by Gasteiger charge is 2.30. The van der Waals surface area contributed by atoms with Gasteiger partial charge < -0.3 is 10.1 Å². The first kappa shape index (κ1) is 19.2. The fourth-order valence-electron chi connectivity index (χ4n) is 2.41. The van der Waals surface area contributed by atoms with Crippen LogP contribution < -0.4 is 10.1 Å². The largest absolute Gasteiger partial charge is 0.481 e. The standard InChI is InChI=1S/C21H15F3N2O2/c22-21(23,24)17-8-5-16(6-9-17)20(27)26-11-1-2-13-28-18-10-7-15-4-3-12-25-19(15)14-18/h3-10,12,14H,11,13H2,(H,26,27). The molecule has 0 saturated carbocycles. The number of halogens is 3. The Balaban J connectivity index is 1.46. The first-order chi connectivity index (χ1) is 13.4. The second kappa shape index (κ2) is 8.44. The summed E-state index contributed by atoms with van der Waals surface area (Å²) in [5, 5.41) is 3.53. The van der Waals surface area contributed by atoms with E-state index in [1.54, 1.807) is 6.20 Å². The summed E-state index contributed by atoms with van der Waals surface area (Å²) in [6.07, 6.45) is -2.73. The predicted molar refractivity (Wildman–Crippen MR) is 98.8 cm³/mol. The zero-order valence-corrected chi connectivity index (χ0v) is 14.6. The highest BCUT2D eigenvalue weighted by molar-refractivity contribution is 5.94. The smallest absolute Gasteiger partial charge is 0.416 e. The molecule has 0 spiro atoms. The minimum atomic E-state index is -4.43. The lowest BCUT2D eigenvalue weighted by Gasteiger charge is -2.07. The third-order valence-corrected chi connectivity index (χ3v) is 3.83. The summed E-state index contributed by atoms with van der Waals surface area (Å²) < 4.78 is 43.0. The molecule has 0 saturated heterocycles. The summed E-state index contributed by atoms with van der Waals surface area (Å²) in [4.78, 5) is 16.1. The van der Waals surface area contributed by atoms with Crippen molar-refractivity contribution < 1.29 is 22.7 Å².